The molecule has 1 aromatic heterocycles. The van der Waals surface area contributed by atoms with Crippen LogP contribution in [0.4, 0.5) is 23.2 Å². The molecule has 0 spiro atoms. The molecule has 0 bridgehead atoms. The molecule has 0 unspecified atom stereocenters. The van der Waals surface area contributed by atoms with Gasteiger partial charge in [-0.1, -0.05) is 41.0 Å². The predicted octanol–water partition coefficient (Wildman–Crippen LogP) is 4.11. The zero-order valence-corrected chi connectivity index (χ0v) is 18.0. The molecule has 1 aliphatic rings. The summed E-state index contributed by atoms with van der Waals surface area (Å²) in [5.41, 5.74) is 4.44. The van der Waals surface area contributed by atoms with Gasteiger partial charge < -0.3 is 4.84 Å². The highest BCUT2D eigenvalue weighted by Crippen LogP contribution is 2.24. The van der Waals surface area contributed by atoms with E-state index in [2.05, 4.69) is 20.1 Å². The van der Waals surface area contributed by atoms with E-state index in [1.807, 2.05) is 34.6 Å². The van der Waals surface area contributed by atoms with Crippen LogP contribution in [0.1, 0.15) is 22.5 Å². The fraction of sp³-hybridized carbons (Fsp3) is 0.238. The minimum Gasteiger partial charge on any atom is -0.333 e. The van der Waals surface area contributed by atoms with E-state index in [1.54, 1.807) is 0 Å². The van der Waals surface area contributed by atoms with Crippen molar-refractivity contribution >= 4 is 29.1 Å². The number of amidine groups is 1. The van der Waals surface area contributed by atoms with Crippen molar-refractivity contribution in [1.29, 1.82) is 0 Å². The van der Waals surface area contributed by atoms with Gasteiger partial charge in [0.2, 0.25) is 0 Å². The second-order valence-electron chi connectivity index (χ2n) is 7.34. The standard InChI is InChI=1S/C21H16ClF4N5O3/c22-15-9-14(5-6-16(15)23)27-19(30-33-20(32)21(24,25)26)18-17(28-34-29-18)11-31-8-7-12-3-1-2-4-13(12)10-31/h1-6,9H,7-8,10-11H2,(H,27,30). The Morgan fingerprint density at radius 2 is 1.97 bits per heavy atom. The van der Waals surface area contributed by atoms with Crippen molar-refractivity contribution in [2.45, 2.75) is 25.7 Å². The lowest BCUT2D eigenvalue weighted by Crippen LogP contribution is -2.36. The van der Waals surface area contributed by atoms with E-state index < -0.39 is 23.8 Å². The number of benzene rings is 2. The fourth-order valence-electron chi connectivity index (χ4n) is 3.35. The van der Waals surface area contributed by atoms with Crippen LogP contribution in [0.3, 0.4) is 0 Å². The quantitative estimate of drug-likeness (QED) is 0.251. The van der Waals surface area contributed by atoms with Crippen LogP contribution < -0.4 is 5.48 Å². The highest BCUT2D eigenvalue weighted by atomic mass is 35.5. The molecular weight excluding hydrogens is 482 g/mol. The molecule has 3 aromatic rings. The van der Waals surface area contributed by atoms with Crippen molar-refractivity contribution in [3.05, 3.63) is 75.8 Å². The number of fused-ring (bicyclic) bond motifs is 1. The average Bonchev–Trinajstić information content (AvgIpc) is 3.26. The van der Waals surface area contributed by atoms with Crippen molar-refractivity contribution in [2.75, 3.05) is 6.54 Å². The molecule has 0 aliphatic carbocycles. The Kier molecular flexibility index (Phi) is 6.80. The van der Waals surface area contributed by atoms with Gasteiger partial charge in [-0.15, -0.1) is 0 Å². The number of nitrogens with zero attached hydrogens (tertiary/aromatic N) is 4. The van der Waals surface area contributed by atoms with Crippen LogP contribution in [-0.2, 0) is 29.1 Å². The number of rotatable bonds is 4. The second kappa shape index (κ2) is 9.77. The molecule has 4 rings (SSSR count). The fourth-order valence-corrected chi connectivity index (χ4v) is 3.53. The maximum Gasteiger partial charge on any atom is 0.493 e. The number of nitrogens with one attached hydrogen (secondary N) is 1. The van der Waals surface area contributed by atoms with Gasteiger partial charge in [-0.05, 0) is 40.9 Å². The first-order valence-corrected chi connectivity index (χ1v) is 10.3. The SMILES string of the molecule is O=C(ONC(=Nc1ccc(F)c(Cl)c1)c1nonc1CN1CCc2ccccc2C1)C(F)(F)F. The van der Waals surface area contributed by atoms with Gasteiger partial charge >= 0.3 is 12.1 Å². The van der Waals surface area contributed by atoms with E-state index >= 15 is 0 Å². The Bertz CT molecular complexity index is 1230. The van der Waals surface area contributed by atoms with E-state index in [-0.39, 0.29) is 28.6 Å². The minimum atomic E-state index is -5.25. The maximum absolute atomic E-state index is 13.5. The molecular formula is C21H16ClF4N5O3. The number of halogens is 5. The summed E-state index contributed by atoms with van der Waals surface area (Å²) < 4.78 is 56.1. The minimum absolute atomic E-state index is 0.0535. The van der Waals surface area contributed by atoms with Crippen LogP contribution in [-0.4, -0.2) is 39.7 Å². The molecule has 178 valence electrons. The van der Waals surface area contributed by atoms with Crippen LogP contribution in [0.15, 0.2) is 52.1 Å². The third kappa shape index (κ3) is 5.51. The van der Waals surface area contributed by atoms with Gasteiger partial charge in [0.1, 0.15) is 11.5 Å². The molecule has 0 saturated heterocycles. The molecule has 0 atom stereocenters. The Morgan fingerprint density at radius 1 is 1.21 bits per heavy atom. The van der Waals surface area contributed by atoms with E-state index in [0.717, 1.165) is 24.1 Å². The lowest BCUT2D eigenvalue weighted by molar-refractivity contribution is -0.203. The molecule has 13 heteroatoms. The number of carbonyl (C=O) groups excluding carboxylic acids is 1. The van der Waals surface area contributed by atoms with Crippen LogP contribution in [0.5, 0.6) is 0 Å². The molecule has 34 heavy (non-hydrogen) atoms. The Balaban J connectivity index is 1.60. The van der Waals surface area contributed by atoms with Gasteiger partial charge in [0.15, 0.2) is 11.5 Å². The highest BCUT2D eigenvalue weighted by Gasteiger charge is 2.42. The molecule has 0 radical (unpaired) electrons. The molecule has 0 amide bonds. The first-order chi connectivity index (χ1) is 16.2. The van der Waals surface area contributed by atoms with Crippen molar-refractivity contribution in [2.24, 2.45) is 4.99 Å². The van der Waals surface area contributed by atoms with Crippen LogP contribution in [0.25, 0.3) is 0 Å². The van der Waals surface area contributed by atoms with Gasteiger partial charge in [-0.2, -0.15) is 18.7 Å². The monoisotopic (exact) mass is 497 g/mol. The molecule has 8 nitrogen and oxygen atoms in total. The van der Waals surface area contributed by atoms with Gasteiger partial charge in [-0.3, -0.25) is 4.90 Å². The predicted molar refractivity (Wildman–Crippen MR) is 111 cm³/mol. The smallest absolute Gasteiger partial charge is 0.333 e. The third-order valence-electron chi connectivity index (χ3n) is 4.98. The van der Waals surface area contributed by atoms with E-state index in [0.29, 0.717) is 13.1 Å². The van der Waals surface area contributed by atoms with Crippen molar-refractivity contribution in [3.63, 3.8) is 0 Å². The van der Waals surface area contributed by atoms with Crippen molar-refractivity contribution < 1.29 is 31.8 Å². The summed E-state index contributed by atoms with van der Waals surface area (Å²) in [7, 11) is 0. The van der Waals surface area contributed by atoms with Gasteiger partial charge in [0, 0.05) is 19.6 Å². The first-order valence-electron chi connectivity index (χ1n) is 9.89. The summed E-state index contributed by atoms with van der Waals surface area (Å²) in [6.07, 6.45) is -4.45. The maximum atomic E-state index is 13.5. The van der Waals surface area contributed by atoms with Crippen LogP contribution >= 0.6 is 11.6 Å². The van der Waals surface area contributed by atoms with Crippen molar-refractivity contribution in [3.8, 4) is 0 Å². The number of carbonyl (C=O) groups is 1. The summed E-state index contributed by atoms with van der Waals surface area (Å²) >= 11 is 5.76. The topological polar surface area (TPSA) is 92.8 Å². The number of hydrogen-bond donors (Lipinski definition) is 1. The number of aliphatic imine (C=N–C) groups is 1. The lowest BCUT2D eigenvalue weighted by Gasteiger charge is -2.27. The molecule has 2 aromatic carbocycles. The first kappa shape index (κ1) is 23.6. The lowest BCUT2D eigenvalue weighted by atomic mass is 10.00. The summed E-state index contributed by atoms with van der Waals surface area (Å²) in [6, 6.07) is 11.3. The van der Waals surface area contributed by atoms with E-state index in [9.17, 15) is 22.4 Å². The number of hydroxylamine groups is 1. The van der Waals surface area contributed by atoms with Crippen molar-refractivity contribution in [1.82, 2.24) is 20.7 Å². The molecule has 1 N–H and O–H groups in total. The zero-order chi connectivity index (χ0) is 24.3. The van der Waals surface area contributed by atoms with E-state index in [4.69, 9.17) is 16.2 Å². The third-order valence-corrected chi connectivity index (χ3v) is 5.27. The van der Waals surface area contributed by atoms with Crippen LogP contribution in [0.2, 0.25) is 5.02 Å². The number of alkyl halides is 3. The molecule has 2 heterocycles. The van der Waals surface area contributed by atoms with Gasteiger partial charge in [0.05, 0.1) is 10.7 Å². The Hall–Kier alpha value is -3.51. The zero-order valence-electron chi connectivity index (χ0n) is 17.3. The van der Waals surface area contributed by atoms with Gasteiger partial charge in [0.25, 0.3) is 0 Å². The number of aromatic nitrogens is 2. The molecule has 1 aliphatic heterocycles. The molecule has 0 fully saturated rings. The second-order valence-corrected chi connectivity index (χ2v) is 7.74. The number of hydrogen-bond acceptors (Lipinski definition) is 7. The largest absolute Gasteiger partial charge is 0.493 e. The Morgan fingerprint density at radius 3 is 2.71 bits per heavy atom. The van der Waals surface area contributed by atoms with Gasteiger partial charge in [-0.25, -0.2) is 18.8 Å². The summed E-state index contributed by atoms with van der Waals surface area (Å²) in [5.74, 6) is -3.62. The van der Waals surface area contributed by atoms with Crippen LogP contribution in [0, 0.1) is 5.82 Å². The average molecular weight is 498 g/mol. The normalized spacial score (nSPS) is 14.6. The Labute approximate surface area is 195 Å². The summed E-state index contributed by atoms with van der Waals surface area (Å²) in [4.78, 5) is 21.5. The summed E-state index contributed by atoms with van der Waals surface area (Å²) in [6.45, 7) is 1.53. The molecule has 0 saturated carbocycles. The van der Waals surface area contributed by atoms with E-state index in [1.165, 1.54) is 11.6 Å². The highest BCUT2D eigenvalue weighted by molar-refractivity contribution is 6.31. The summed E-state index contributed by atoms with van der Waals surface area (Å²) in [5, 5.41) is 7.29.